The SMILES string of the molecule is Cc1ccc(C2(CC(F)(F)F)OC(=O)c3cc(F)ccc3S2)cc1. The Morgan fingerprint density at radius 1 is 1.12 bits per heavy atom. The van der Waals surface area contributed by atoms with Gasteiger partial charge in [0.25, 0.3) is 0 Å². The molecule has 3 rings (SSSR count). The molecule has 1 aliphatic heterocycles. The molecular weight excluding hydrogens is 344 g/mol. The number of cyclic esters (lactones) is 1. The average molecular weight is 356 g/mol. The van der Waals surface area contributed by atoms with Crippen molar-refractivity contribution in [2.75, 3.05) is 0 Å². The van der Waals surface area contributed by atoms with E-state index in [0.717, 1.165) is 29.5 Å². The monoisotopic (exact) mass is 356 g/mol. The summed E-state index contributed by atoms with van der Waals surface area (Å²) in [6.07, 6.45) is -5.88. The normalized spacial score (nSPS) is 20.5. The summed E-state index contributed by atoms with van der Waals surface area (Å²) in [4.78, 5) is 10.5. The van der Waals surface area contributed by atoms with Crippen LogP contribution in [-0.4, -0.2) is 12.1 Å². The lowest BCUT2D eigenvalue weighted by Crippen LogP contribution is -2.37. The van der Waals surface area contributed by atoms with Gasteiger partial charge in [0, 0.05) is 10.5 Å². The number of fused-ring (bicyclic) bond motifs is 1. The third kappa shape index (κ3) is 3.26. The van der Waals surface area contributed by atoms with E-state index in [2.05, 4.69) is 0 Å². The summed E-state index contributed by atoms with van der Waals surface area (Å²) in [5.74, 6) is -1.61. The van der Waals surface area contributed by atoms with Crippen molar-refractivity contribution in [2.24, 2.45) is 0 Å². The van der Waals surface area contributed by atoms with E-state index in [4.69, 9.17) is 4.74 Å². The van der Waals surface area contributed by atoms with Crippen LogP contribution in [0, 0.1) is 12.7 Å². The molecule has 0 amide bonds. The Labute approximate surface area is 139 Å². The Morgan fingerprint density at radius 3 is 2.42 bits per heavy atom. The molecular formula is C17H12F4O2S. The van der Waals surface area contributed by atoms with Crippen LogP contribution in [0.1, 0.15) is 27.9 Å². The number of alkyl halides is 3. The summed E-state index contributed by atoms with van der Waals surface area (Å²) in [6.45, 7) is 1.80. The van der Waals surface area contributed by atoms with Gasteiger partial charge in [0.05, 0.1) is 12.0 Å². The van der Waals surface area contributed by atoms with Crippen molar-refractivity contribution in [1.29, 1.82) is 0 Å². The van der Waals surface area contributed by atoms with E-state index in [1.807, 2.05) is 0 Å². The molecule has 0 saturated heterocycles. The number of aryl methyl sites for hydroxylation is 1. The maximum atomic E-state index is 13.3. The summed E-state index contributed by atoms with van der Waals surface area (Å²) in [5.41, 5.74) is 1.04. The van der Waals surface area contributed by atoms with Gasteiger partial charge in [0.1, 0.15) is 5.82 Å². The van der Waals surface area contributed by atoms with Crippen molar-refractivity contribution in [3.8, 4) is 0 Å². The van der Waals surface area contributed by atoms with E-state index in [1.165, 1.54) is 18.2 Å². The van der Waals surface area contributed by atoms with Crippen LogP contribution in [0.25, 0.3) is 0 Å². The van der Waals surface area contributed by atoms with Gasteiger partial charge in [-0.05, 0) is 25.1 Å². The van der Waals surface area contributed by atoms with E-state index >= 15 is 0 Å². The van der Waals surface area contributed by atoms with Gasteiger partial charge in [-0.3, -0.25) is 0 Å². The standard InChI is InChI=1S/C17H12F4O2S/c1-10-2-4-11(5-3-10)16(9-17(19,20)21)23-15(22)13-8-12(18)6-7-14(13)24-16/h2-8H,9H2,1H3. The van der Waals surface area contributed by atoms with Crippen LogP contribution in [0.3, 0.4) is 0 Å². The first-order chi connectivity index (χ1) is 11.2. The van der Waals surface area contributed by atoms with Crippen LogP contribution in [0.15, 0.2) is 47.4 Å². The van der Waals surface area contributed by atoms with Crippen LogP contribution < -0.4 is 0 Å². The fraction of sp³-hybridized carbons (Fsp3) is 0.235. The summed E-state index contributed by atoms with van der Waals surface area (Å²) in [6, 6.07) is 9.71. The van der Waals surface area contributed by atoms with Gasteiger partial charge in [-0.25, -0.2) is 9.18 Å². The van der Waals surface area contributed by atoms with Crippen molar-refractivity contribution in [3.63, 3.8) is 0 Å². The first kappa shape index (κ1) is 16.8. The minimum atomic E-state index is -4.55. The molecule has 0 radical (unpaired) electrons. The number of hydrogen-bond acceptors (Lipinski definition) is 3. The van der Waals surface area contributed by atoms with E-state index in [1.54, 1.807) is 19.1 Å². The number of carbonyl (C=O) groups excluding carboxylic acids is 1. The molecule has 0 saturated carbocycles. The molecule has 2 nitrogen and oxygen atoms in total. The maximum Gasteiger partial charge on any atom is 0.394 e. The molecule has 0 bridgehead atoms. The van der Waals surface area contributed by atoms with Gasteiger partial charge in [-0.1, -0.05) is 41.6 Å². The topological polar surface area (TPSA) is 26.3 Å². The summed E-state index contributed by atoms with van der Waals surface area (Å²) >= 11 is 0.773. The fourth-order valence-corrected chi connectivity index (χ4v) is 3.87. The van der Waals surface area contributed by atoms with Crippen LogP contribution in [0.5, 0.6) is 0 Å². The van der Waals surface area contributed by atoms with E-state index < -0.39 is 29.3 Å². The van der Waals surface area contributed by atoms with Gasteiger partial charge in [-0.15, -0.1) is 0 Å². The minimum absolute atomic E-state index is 0.0649. The number of esters is 1. The Kier molecular flexibility index (Phi) is 4.07. The predicted octanol–water partition coefficient (Wildman–Crippen LogP) is 5.20. The van der Waals surface area contributed by atoms with E-state index in [9.17, 15) is 22.4 Å². The van der Waals surface area contributed by atoms with E-state index in [0.29, 0.717) is 0 Å². The quantitative estimate of drug-likeness (QED) is 0.546. The lowest BCUT2D eigenvalue weighted by molar-refractivity contribution is -0.161. The first-order valence-electron chi connectivity index (χ1n) is 7.04. The molecule has 1 aliphatic rings. The second-order valence-corrected chi connectivity index (χ2v) is 6.85. The van der Waals surface area contributed by atoms with Crippen LogP contribution >= 0.6 is 11.8 Å². The predicted molar refractivity (Wildman–Crippen MR) is 81.2 cm³/mol. The molecule has 7 heteroatoms. The Balaban J connectivity index is 2.11. The second kappa shape index (κ2) is 5.81. The largest absolute Gasteiger partial charge is 0.439 e. The number of thioether (sulfide) groups is 1. The van der Waals surface area contributed by atoms with Gasteiger partial charge in [0.15, 0.2) is 4.93 Å². The van der Waals surface area contributed by atoms with E-state index in [-0.39, 0.29) is 16.0 Å². The molecule has 1 heterocycles. The minimum Gasteiger partial charge on any atom is -0.439 e. The molecule has 0 N–H and O–H groups in total. The zero-order valence-electron chi connectivity index (χ0n) is 12.5. The van der Waals surface area contributed by atoms with Crippen LogP contribution in [0.4, 0.5) is 17.6 Å². The first-order valence-corrected chi connectivity index (χ1v) is 7.86. The summed E-state index contributed by atoms with van der Waals surface area (Å²) < 4.78 is 58.0. The molecule has 0 aromatic heterocycles. The highest BCUT2D eigenvalue weighted by Crippen LogP contribution is 2.53. The Hall–Kier alpha value is -2.02. The molecule has 0 spiro atoms. The average Bonchev–Trinajstić information content (AvgIpc) is 2.47. The molecule has 24 heavy (non-hydrogen) atoms. The van der Waals surface area contributed by atoms with Crippen molar-refractivity contribution >= 4 is 17.7 Å². The number of ether oxygens (including phenoxy) is 1. The van der Waals surface area contributed by atoms with Gasteiger partial charge < -0.3 is 4.74 Å². The summed E-state index contributed by atoms with van der Waals surface area (Å²) in [7, 11) is 0. The van der Waals surface area contributed by atoms with Gasteiger partial charge in [0.2, 0.25) is 0 Å². The third-order valence-corrected chi connectivity index (χ3v) is 4.99. The molecule has 0 aliphatic carbocycles. The van der Waals surface area contributed by atoms with Gasteiger partial charge in [-0.2, -0.15) is 13.2 Å². The zero-order valence-corrected chi connectivity index (χ0v) is 13.3. The van der Waals surface area contributed by atoms with Crippen LogP contribution in [-0.2, 0) is 9.67 Å². The second-order valence-electron chi connectivity index (χ2n) is 5.54. The zero-order chi connectivity index (χ0) is 17.5. The molecule has 1 atom stereocenters. The highest BCUT2D eigenvalue weighted by Gasteiger charge is 2.50. The molecule has 0 fully saturated rings. The Morgan fingerprint density at radius 2 is 1.79 bits per heavy atom. The van der Waals surface area contributed by atoms with Crippen LogP contribution in [0.2, 0.25) is 0 Å². The van der Waals surface area contributed by atoms with Crippen molar-refractivity contribution in [1.82, 2.24) is 0 Å². The fourth-order valence-electron chi connectivity index (χ4n) is 2.52. The molecule has 2 aromatic rings. The summed E-state index contributed by atoms with van der Waals surface area (Å²) in [5, 5.41) is 0. The maximum absolute atomic E-state index is 13.3. The third-order valence-electron chi connectivity index (χ3n) is 3.62. The lowest BCUT2D eigenvalue weighted by atomic mass is 10.0. The molecule has 126 valence electrons. The highest BCUT2D eigenvalue weighted by molar-refractivity contribution is 8.00. The number of halogens is 4. The Bertz CT molecular complexity index is 786. The molecule has 2 aromatic carbocycles. The number of benzene rings is 2. The highest BCUT2D eigenvalue weighted by atomic mass is 32.2. The molecule has 1 unspecified atom stereocenters. The number of hydrogen-bond donors (Lipinski definition) is 0. The van der Waals surface area contributed by atoms with Crippen molar-refractivity contribution in [3.05, 3.63) is 65.0 Å². The van der Waals surface area contributed by atoms with Crippen molar-refractivity contribution < 1.29 is 27.1 Å². The number of carbonyl (C=O) groups is 1. The number of rotatable bonds is 2. The lowest BCUT2D eigenvalue weighted by Gasteiger charge is -2.37. The van der Waals surface area contributed by atoms with Gasteiger partial charge >= 0.3 is 12.1 Å². The smallest absolute Gasteiger partial charge is 0.394 e. The van der Waals surface area contributed by atoms with Crippen molar-refractivity contribution in [2.45, 2.75) is 29.3 Å².